The van der Waals surface area contributed by atoms with Crippen molar-refractivity contribution in [3.8, 4) is 11.4 Å². The minimum atomic E-state index is -4.53. The Morgan fingerprint density at radius 1 is 1.26 bits per heavy atom. The van der Waals surface area contributed by atoms with Gasteiger partial charge in [-0.3, -0.25) is 14.6 Å². The first-order valence-electron chi connectivity index (χ1n) is 8.18. The van der Waals surface area contributed by atoms with E-state index in [-0.39, 0.29) is 18.8 Å². The van der Waals surface area contributed by atoms with Gasteiger partial charge in [0.15, 0.2) is 11.5 Å². The SMILES string of the molecule is Cc1cc(C(F)(F)F)nn1CC(=O)NCCc1nc(-c2ccccc2)n[nH]1. The maximum absolute atomic E-state index is 12.6. The number of H-pyrrole nitrogens is 1. The van der Waals surface area contributed by atoms with Crippen LogP contribution < -0.4 is 5.32 Å². The van der Waals surface area contributed by atoms with Crippen molar-refractivity contribution in [2.45, 2.75) is 26.1 Å². The summed E-state index contributed by atoms with van der Waals surface area (Å²) in [7, 11) is 0. The van der Waals surface area contributed by atoms with Crippen molar-refractivity contribution in [3.05, 3.63) is 53.6 Å². The van der Waals surface area contributed by atoms with E-state index in [2.05, 4.69) is 25.6 Å². The van der Waals surface area contributed by atoms with Gasteiger partial charge in [-0.1, -0.05) is 30.3 Å². The summed E-state index contributed by atoms with van der Waals surface area (Å²) in [6.07, 6.45) is -4.12. The summed E-state index contributed by atoms with van der Waals surface area (Å²) in [5.41, 5.74) is 0.127. The molecule has 0 atom stereocenters. The molecule has 0 aliphatic heterocycles. The van der Waals surface area contributed by atoms with Gasteiger partial charge >= 0.3 is 6.18 Å². The Morgan fingerprint density at radius 2 is 2.00 bits per heavy atom. The Kier molecular flexibility index (Phi) is 5.24. The molecule has 142 valence electrons. The van der Waals surface area contributed by atoms with Crippen LogP contribution in [0.15, 0.2) is 36.4 Å². The van der Waals surface area contributed by atoms with Crippen molar-refractivity contribution in [1.29, 1.82) is 0 Å². The first-order valence-corrected chi connectivity index (χ1v) is 8.18. The molecule has 7 nitrogen and oxygen atoms in total. The molecule has 2 aromatic heterocycles. The minimum absolute atomic E-state index is 0.264. The van der Waals surface area contributed by atoms with Gasteiger partial charge in [0.2, 0.25) is 5.91 Å². The molecule has 0 unspecified atom stereocenters. The van der Waals surface area contributed by atoms with Crippen molar-refractivity contribution in [2.75, 3.05) is 6.54 Å². The Balaban J connectivity index is 1.50. The third-order valence-electron chi connectivity index (χ3n) is 3.81. The summed E-state index contributed by atoms with van der Waals surface area (Å²) < 4.78 is 39.0. The number of halogens is 3. The Hall–Kier alpha value is -3.17. The summed E-state index contributed by atoms with van der Waals surface area (Å²) >= 11 is 0. The fourth-order valence-electron chi connectivity index (χ4n) is 2.44. The number of carbonyl (C=O) groups excluding carboxylic acids is 1. The topological polar surface area (TPSA) is 88.5 Å². The molecule has 0 saturated heterocycles. The zero-order chi connectivity index (χ0) is 19.4. The second kappa shape index (κ2) is 7.60. The van der Waals surface area contributed by atoms with E-state index in [4.69, 9.17) is 0 Å². The Morgan fingerprint density at radius 3 is 2.67 bits per heavy atom. The number of alkyl halides is 3. The van der Waals surface area contributed by atoms with Gasteiger partial charge in [-0.25, -0.2) is 4.98 Å². The highest BCUT2D eigenvalue weighted by molar-refractivity contribution is 5.75. The van der Waals surface area contributed by atoms with Gasteiger partial charge < -0.3 is 5.32 Å². The summed E-state index contributed by atoms with van der Waals surface area (Å²) in [4.78, 5) is 16.3. The van der Waals surface area contributed by atoms with Crippen LogP contribution in [0.25, 0.3) is 11.4 Å². The number of nitrogens with zero attached hydrogens (tertiary/aromatic N) is 4. The third kappa shape index (κ3) is 4.72. The maximum Gasteiger partial charge on any atom is 0.435 e. The molecule has 0 aliphatic carbocycles. The molecular weight excluding hydrogens is 361 g/mol. The number of rotatable bonds is 6. The van der Waals surface area contributed by atoms with Gasteiger partial charge in [-0.15, -0.1) is 0 Å². The number of nitrogens with one attached hydrogen (secondary N) is 2. The van der Waals surface area contributed by atoms with Crippen LogP contribution >= 0.6 is 0 Å². The normalized spacial score (nSPS) is 11.6. The maximum atomic E-state index is 12.6. The number of hydrogen-bond donors (Lipinski definition) is 2. The predicted octanol–water partition coefficient (Wildman–Crippen LogP) is 2.35. The Labute approximate surface area is 152 Å². The molecule has 0 fully saturated rings. The van der Waals surface area contributed by atoms with Crippen molar-refractivity contribution in [2.24, 2.45) is 0 Å². The lowest BCUT2D eigenvalue weighted by Gasteiger charge is -2.06. The molecular formula is C17H17F3N6O. The van der Waals surface area contributed by atoms with E-state index in [1.807, 2.05) is 30.3 Å². The van der Waals surface area contributed by atoms with Gasteiger partial charge in [-0.05, 0) is 13.0 Å². The van der Waals surface area contributed by atoms with Crippen molar-refractivity contribution in [1.82, 2.24) is 30.3 Å². The monoisotopic (exact) mass is 378 g/mol. The van der Waals surface area contributed by atoms with E-state index in [0.29, 0.717) is 18.1 Å². The first-order chi connectivity index (χ1) is 12.8. The highest BCUT2D eigenvalue weighted by Crippen LogP contribution is 2.28. The van der Waals surface area contributed by atoms with E-state index in [1.165, 1.54) is 6.92 Å². The fourth-order valence-corrected chi connectivity index (χ4v) is 2.44. The van der Waals surface area contributed by atoms with Crippen LogP contribution in [-0.2, 0) is 23.9 Å². The average molecular weight is 378 g/mol. The van der Waals surface area contributed by atoms with E-state index in [1.54, 1.807) is 0 Å². The molecule has 3 aromatic rings. The van der Waals surface area contributed by atoms with Crippen LogP contribution in [0.3, 0.4) is 0 Å². The van der Waals surface area contributed by atoms with Gasteiger partial charge in [0.1, 0.15) is 12.4 Å². The van der Waals surface area contributed by atoms with E-state index < -0.39 is 17.8 Å². The smallest absolute Gasteiger partial charge is 0.354 e. The van der Waals surface area contributed by atoms with Crippen molar-refractivity contribution < 1.29 is 18.0 Å². The van der Waals surface area contributed by atoms with Gasteiger partial charge in [-0.2, -0.15) is 23.4 Å². The van der Waals surface area contributed by atoms with Crippen LogP contribution in [0.4, 0.5) is 13.2 Å². The van der Waals surface area contributed by atoms with E-state index in [9.17, 15) is 18.0 Å². The number of aryl methyl sites for hydroxylation is 1. The molecule has 1 aromatic carbocycles. The number of aromatic amines is 1. The Bertz CT molecular complexity index is 916. The van der Waals surface area contributed by atoms with Crippen LogP contribution in [0.1, 0.15) is 17.2 Å². The molecule has 3 rings (SSSR count). The molecule has 2 heterocycles. The van der Waals surface area contributed by atoms with Gasteiger partial charge in [0.05, 0.1) is 0 Å². The molecule has 10 heteroatoms. The lowest BCUT2D eigenvalue weighted by Crippen LogP contribution is -2.30. The van der Waals surface area contributed by atoms with Crippen LogP contribution in [0, 0.1) is 6.92 Å². The molecule has 0 saturated carbocycles. The fraction of sp³-hybridized carbons (Fsp3) is 0.294. The third-order valence-corrected chi connectivity index (χ3v) is 3.81. The lowest BCUT2D eigenvalue weighted by atomic mass is 10.2. The minimum Gasteiger partial charge on any atom is -0.354 e. The summed E-state index contributed by atoms with van der Waals surface area (Å²) in [6, 6.07) is 10.3. The van der Waals surface area contributed by atoms with Crippen molar-refractivity contribution >= 4 is 5.91 Å². The highest BCUT2D eigenvalue weighted by atomic mass is 19.4. The van der Waals surface area contributed by atoms with E-state index in [0.717, 1.165) is 16.3 Å². The number of hydrogen-bond acceptors (Lipinski definition) is 4. The second-order valence-corrected chi connectivity index (χ2v) is 5.90. The summed E-state index contributed by atoms with van der Waals surface area (Å²) in [5.74, 6) is 0.727. The molecule has 1 amide bonds. The predicted molar refractivity (Wildman–Crippen MR) is 90.5 cm³/mol. The highest BCUT2D eigenvalue weighted by Gasteiger charge is 2.34. The zero-order valence-electron chi connectivity index (χ0n) is 14.4. The molecule has 27 heavy (non-hydrogen) atoms. The standard InChI is InChI=1S/C17H17F3N6O/c1-11-9-13(17(18,19)20)25-26(11)10-15(27)21-8-7-14-22-16(24-23-14)12-5-3-2-4-6-12/h2-6,9H,7-8,10H2,1H3,(H,21,27)(H,22,23,24). The van der Waals surface area contributed by atoms with E-state index >= 15 is 0 Å². The zero-order valence-corrected chi connectivity index (χ0v) is 14.4. The molecule has 2 N–H and O–H groups in total. The molecule has 0 aliphatic rings. The number of benzene rings is 1. The summed E-state index contributed by atoms with van der Waals surface area (Å²) in [6.45, 7) is 1.46. The largest absolute Gasteiger partial charge is 0.435 e. The summed E-state index contributed by atoms with van der Waals surface area (Å²) in [5, 5.41) is 13.0. The van der Waals surface area contributed by atoms with Gasteiger partial charge in [0.25, 0.3) is 0 Å². The number of carbonyl (C=O) groups is 1. The van der Waals surface area contributed by atoms with Crippen LogP contribution in [0.2, 0.25) is 0 Å². The second-order valence-electron chi connectivity index (χ2n) is 5.90. The number of amides is 1. The van der Waals surface area contributed by atoms with Gasteiger partial charge in [0, 0.05) is 24.2 Å². The quantitative estimate of drug-likeness (QED) is 0.689. The average Bonchev–Trinajstić information content (AvgIpc) is 3.23. The first kappa shape index (κ1) is 18.6. The van der Waals surface area contributed by atoms with Crippen LogP contribution in [-0.4, -0.2) is 37.4 Å². The number of aromatic nitrogens is 5. The van der Waals surface area contributed by atoms with Crippen molar-refractivity contribution in [3.63, 3.8) is 0 Å². The van der Waals surface area contributed by atoms with Crippen LogP contribution in [0.5, 0.6) is 0 Å². The molecule has 0 bridgehead atoms. The molecule has 0 spiro atoms. The lowest BCUT2D eigenvalue weighted by molar-refractivity contribution is -0.141. The molecule has 0 radical (unpaired) electrons.